The van der Waals surface area contributed by atoms with Gasteiger partial charge in [0.2, 0.25) is 0 Å². The van der Waals surface area contributed by atoms with Crippen LogP contribution in [0.25, 0.3) is 0 Å². The maximum absolute atomic E-state index is 11.9. The van der Waals surface area contributed by atoms with Crippen LogP contribution >= 0.6 is 11.6 Å². The van der Waals surface area contributed by atoms with Crippen LogP contribution < -0.4 is 5.73 Å². The normalized spacial score (nSPS) is 24.8. The Hall–Kier alpha value is -0.620. The summed E-state index contributed by atoms with van der Waals surface area (Å²) in [5, 5.41) is 0.562. The smallest absolute Gasteiger partial charge is 0.175 e. The van der Waals surface area contributed by atoms with Crippen LogP contribution in [-0.4, -0.2) is 39.7 Å². The fraction of sp³-hybridized carbons (Fsp3) is 0.538. The molecule has 0 aromatic heterocycles. The van der Waals surface area contributed by atoms with Gasteiger partial charge in [0.1, 0.15) is 0 Å². The summed E-state index contributed by atoms with van der Waals surface area (Å²) < 4.78 is 23.8. The number of nitrogens with zero attached hydrogens (tertiary/aromatic N) is 1. The number of halogens is 1. The van der Waals surface area contributed by atoms with Crippen molar-refractivity contribution in [1.82, 2.24) is 4.90 Å². The Morgan fingerprint density at radius 2 is 2.16 bits per heavy atom. The van der Waals surface area contributed by atoms with Crippen molar-refractivity contribution in [1.29, 1.82) is 0 Å². The van der Waals surface area contributed by atoms with Crippen molar-refractivity contribution in [2.45, 2.75) is 17.4 Å². The van der Waals surface area contributed by atoms with E-state index in [1.807, 2.05) is 7.05 Å². The van der Waals surface area contributed by atoms with Crippen LogP contribution in [0.3, 0.4) is 0 Å². The average molecular weight is 303 g/mol. The highest BCUT2D eigenvalue weighted by Crippen LogP contribution is 2.37. The lowest BCUT2D eigenvalue weighted by Crippen LogP contribution is -2.21. The maximum atomic E-state index is 11.9. The fourth-order valence-corrected chi connectivity index (χ4v) is 3.88. The molecule has 1 heterocycles. The Kier molecular flexibility index (Phi) is 4.20. The lowest BCUT2D eigenvalue weighted by molar-refractivity contribution is 0.310. The minimum absolute atomic E-state index is 0.0666. The predicted molar refractivity (Wildman–Crippen MR) is 77.1 cm³/mol. The first-order chi connectivity index (χ1) is 8.82. The first kappa shape index (κ1) is 14.8. The van der Waals surface area contributed by atoms with Crippen LogP contribution in [0.1, 0.15) is 18.0 Å². The summed E-state index contributed by atoms with van der Waals surface area (Å²) in [6, 6.07) is 5.04. The third-order valence-electron chi connectivity index (χ3n) is 3.70. The van der Waals surface area contributed by atoms with Crippen LogP contribution in [0.15, 0.2) is 23.1 Å². The van der Waals surface area contributed by atoms with Gasteiger partial charge in [-0.15, -0.1) is 0 Å². The lowest BCUT2D eigenvalue weighted by atomic mass is 10.00. The average Bonchev–Trinajstić information content (AvgIpc) is 2.68. The molecule has 0 bridgehead atoms. The third-order valence-corrected chi connectivity index (χ3v) is 5.10. The van der Waals surface area contributed by atoms with Gasteiger partial charge in [0.15, 0.2) is 9.84 Å². The second kappa shape index (κ2) is 5.40. The zero-order valence-corrected chi connectivity index (χ0v) is 12.7. The second-order valence-corrected chi connectivity index (χ2v) is 7.67. The highest BCUT2D eigenvalue weighted by atomic mass is 35.5. The predicted octanol–water partition coefficient (Wildman–Crippen LogP) is 1.70. The molecule has 106 valence electrons. The quantitative estimate of drug-likeness (QED) is 0.923. The van der Waals surface area contributed by atoms with Gasteiger partial charge in [-0.05, 0) is 49.7 Å². The topological polar surface area (TPSA) is 63.4 Å². The lowest BCUT2D eigenvalue weighted by Gasteiger charge is -2.22. The van der Waals surface area contributed by atoms with Gasteiger partial charge < -0.3 is 5.73 Å². The highest BCUT2D eigenvalue weighted by molar-refractivity contribution is 7.90. The van der Waals surface area contributed by atoms with E-state index in [0.29, 0.717) is 22.4 Å². The monoisotopic (exact) mass is 302 g/mol. The first-order valence-electron chi connectivity index (χ1n) is 6.22. The molecule has 0 amide bonds. The molecule has 0 aliphatic carbocycles. The minimum atomic E-state index is -3.25. The molecule has 2 atom stereocenters. The van der Waals surface area contributed by atoms with Crippen LogP contribution in [-0.2, 0) is 9.84 Å². The number of hydrogen-bond donors (Lipinski definition) is 1. The van der Waals surface area contributed by atoms with Crippen molar-refractivity contribution in [3.63, 3.8) is 0 Å². The van der Waals surface area contributed by atoms with Crippen LogP contribution in [0.5, 0.6) is 0 Å². The van der Waals surface area contributed by atoms with E-state index >= 15 is 0 Å². The van der Waals surface area contributed by atoms with E-state index in [1.165, 1.54) is 6.26 Å². The molecule has 4 nitrogen and oxygen atoms in total. The molecule has 0 radical (unpaired) electrons. The summed E-state index contributed by atoms with van der Waals surface area (Å²) >= 11 is 6.03. The van der Waals surface area contributed by atoms with Gasteiger partial charge in [0.05, 0.1) is 4.90 Å². The Bertz CT molecular complexity index is 574. The number of nitrogens with two attached hydrogens (primary N) is 1. The zero-order valence-electron chi connectivity index (χ0n) is 11.1. The van der Waals surface area contributed by atoms with Crippen molar-refractivity contribution in [3.05, 3.63) is 28.8 Å². The molecule has 1 aliphatic heterocycles. The Morgan fingerprint density at radius 3 is 2.68 bits per heavy atom. The van der Waals surface area contributed by atoms with Gasteiger partial charge in [0.25, 0.3) is 0 Å². The van der Waals surface area contributed by atoms with E-state index in [0.717, 1.165) is 18.5 Å². The number of likely N-dealkylation sites (tertiary alicyclic amines) is 1. The molecule has 2 rings (SSSR count). The van der Waals surface area contributed by atoms with E-state index < -0.39 is 9.84 Å². The summed E-state index contributed by atoms with van der Waals surface area (Å²) in [6.07, 6.45) is 2.10. The molecule has 6 heteroatoms. The molecule has 1 aromatic rings. The van der Waals surface area contributed by atoms with E-state index in [2.05, 4.69) is 4.90 Å². The summed E-state index contributed by atoms with van der Waals surface area (Å²) in [6.45, 7) is 1.51. The Labute approximate surface area is 119 Å². The molecule has 0 spiro atoms. The molecular formula is C13H19ClN2O2S. The van der Waals surface area contributed by atoms with E-state index in [1.54, 1.807) is 18.2 Å². The molecule has 2 N–H and O–H groups in total. The number of sulfone groups is 1. The third kappa shape index (κ3) is 3.11. The highest BCUT2D eigenvalue weighted by Gasteiger charge is 2.32. The molecule has 0 saturated carbocycles. The molecular weight excluding hydrogens is 284 g/mol. The van der Waals surface area contributed by atoms with Crippen LogP contribution in [0, 0.1) is 5.92 Å². The molecule has 1 fully saturated rings. The van der Waals surface area contributed by atoms with Gasteiger partial charge in [-0.25, -0.2) is 8.42 Å². The zero-order chi connectivity index (χ0) is 14.2. The number of benzene rings is 1. The van der Waals surface area contributed by atoms with Crippen LogP contribution in [0.4, 0.5) is 0 Å². The van der Waals surface area contributed by atoms with E-state index in [-0.39, 0.29) is 6.04 Å². The number of hydrogen-bond acceptors (Lipinski definition) is 4. The standard InChI is InChI=1S/C13H19ClN2O2S/c1-16-8-9(7-15)5-12(16)11-6-10(14)3-4-13(11)19(2,17)18/h3-4,6,9,12H,5,7-8,15H2,1-2H3. The number of rotatable bonds is 3. The van der Waals surface area contributed by atoms with Gasteiger partial charge in [0, 0.05) is 23.9 Å². The van der Waals surface area contributed by atoms with Crippen LogP contribution in [0.2, 0.25) is 5.02 Å². The van der Waals surface area contributed by atoms with Gasteiger partial charge in [-0.1, -0.05) is 11.6 Å². The summed E-state index contributed by atoms with van der Waals surface area (Å²) in [4.78, 5) is 2.52. The van der Waals surface area contributed by atoms with Crippen molar-refractivity contribution < 1.29 is 8.42 Å². The molecule has 1 aliphatic rings. The van der Waals surface area contributed by atoms with Crippen molar-refractivity contribution in [2.24, 2.45) is 11.7 Å². The largest absolute Gasteiger partial charge is 0.330 e. The molecule has 1 aromatic carbocycles. The molecule has 1 saturated heterocycles. The molecule has 19 heavy (non-hydrogen) atoms. The van der Waals surface area contributed by atoms with Gasteiger partial charge >= 0.3 is 0 Å². The summed E-state index contributed by atoms with van der Waals surface area (Å²) in [5.41, 5.74) is 6.50. The minimum Gasteiger partial charge on any atom is -0.330 e. The maximum Gasteiger partial charge on any atom is 0.175 e. The SMILES string of the molecule is CN1CC(CN)CC1c1cc(Cl)ccc1S(C)(=O)=O. The van der Waals surface area contributed by atoms with Crippen molar-refractivity contribution in [2.75, 3.05) is 26.4 Å². The fourth-order valence-electron chi connectivity index (χ4n) is 2.76. The first-order valence-corrected chi connectivity index (χ1v) is 8.49. The summed E-state index contributed by atoms with van der Waals surface area (Å²) in [5.74, 6) is 0.404. The van der Waals surface area contributed by atoms with E-state index in [9.17, 15) is 8.42 Å². The summed E-state index contributed by atoms with van der Waals surface area (Å²) in [7, 11) is -1.26. The molecule has 2 unspecified atom stereocenters. The van der Waals surface area contributed by atoms with Gasteiger partial charge in [-0.3, -0.25) is 4.90 Å². The second-order valence-electron chi connectivity index (χ2n) is 5.25. The Balaban J connectivity index is 2.47. The van der Waals surface area contributed by atoms with Gasteiger partial charge in [-0.2, -0.15) is 0 Å². The Morgan fingerprint density at radius 1 is 1.47 bits per heavy atom. The van der Waals surface area contributed by atoms with E-state index in [4.69, 9.17) is 17.3 Å². The van der Waals surface area contributed by atoms with Crippen molar-refractivity contribution >= 4 is 21.4 Å². The van der Waals surface area contributed by atoms with Crippen molar-refractivity contribution in [3.8, 4) is 0 Å².